The summed E-state index contributed by atoms with van der Waals surface area (Å²) in [6, 6.07) is 0. The summed E-state index contributed by atoms with van der Waals surface area (Å²) in [6.07, 6.45) is 7.61. The first-order valence-electron chi connectivity index (χ1n) is 5.84. The molecule has 0 aromatic heterocycles. The third-order valence-electron chi connectivity index (χ3n) is 3.69. The Morgan fingerprint density at radius 2 is 1.29 bits per heavy atom. The summed E-state index contributed by atoms with van der Waals surface area (Å²) in [5, 5.41) is 0. The van der Waals surface area contributed by atoms with Gasteiger partial charge in [0.25, 0.3) is 0 Å². The predicted octanol–water partition coefficient (Wildman–Crippen LogP) is 2.51. The number of Topliss-reactive ketones (excluding diaryl/α,β-unsaturated/α-hetero) is 2. The fourth-order valence-corrected chi connectivity index (χ4v) is 2.88. The van der Waals surface area contributed by atoms with Gasteiger partial charge in [-0.05, 0) is 25.7 Å². The molecule has 2 aliphatic rings. The third-order valence-corrected chi connectivity index (χ3v) is 3.69. The molecule has 2 heteroatoms. The number of hydrogen-bond donors (Lipinski definition) is 0. The Bertz CT molecular complexity index is 245. The Kier molecular flexibility index (Phi) is 2.99. The average Bonchev–Trinajstić information content (AvgIpc) is 2.16. The minimum atomic E-state index is 0.0940. The van der Waals surface area contributed by atoms with Crippen molar-refractivity contribution in [2.24, 2.45) is 11.8 Å². The maximum atomic E-state index is 11.8. The molecule has 2 atom stereocenters. The van der Waals surface area contributed by atoms with Gasteiger partial charge in [-0.1, -0.05) is 12.8 Å². The van der Waals surface area contributed by atoms with E-state index < -0.39 is 0 Å². The van der Waals surface area contributed by atoms with Gasteiger partial charge in [-0.3, -0.25) is 9.59 Å². The van der Waals surface area contributed by atoms with Crippen molar-refractivity contribution in [3.8, 4) is 0 Å². The van der Waals surface area contributed by atoms with Crippen molar-refractivity contribution in [1.29, 1.82) is 0 Å². The Labute approximate surface area is 85.1 Å². The van der Waals surface area contributed by atoms with Crippen molar-refractivity contribution in [2.45, 2.75) is 51.4 Å². The van der Waals surface area contributed by atoms with Gasteiger partial charge in [0.1, 0.15) is 11.6 Å². The molecule has 0 spiro atoms. The van der Waals surface area contributed by atoms with E-state index in [1.807, 2.05) is 0 Å². The van der Waals surface area contributed by atoms with Crippen LogP contribution in [0.15, 0.2) is 0 Å². The fourth-order valence-electron chi connectivity index (χ4n) is 2.88. The number of hydrogen-bond acceptors (Lipinski definition) is 2. The molecule has 0 aliphatic heterocycles. The van der Waals surface area contributed by atoms with Gasteiger partial charge in [0.05, 0.1) is 0 Å². The summed E-state index contributed by atoms with van der Waals surface area (Å²) in [5.41, 5.74) is 0. The molecular formula is C12H18O2. The van der Waals surface area contributed by atoms with Crippen LogP contribution >= 0.6 is 0 Å². The van der Waals surface area contributed by atoms with Crippen molar-refractivity contribution >= 4 is 11.6 Å². The first kappa shape index (κ1) is 9.88. The lowest BCUT2D eigenvalue weighted by Crippen LogP contribution is -2.34. The van der Waals surface area contributed by atoms with Gasteiger partial charge < -0.3 is 0 Å². The van der Waals surface area contributed by atoms with Crippen LogP contribution in [0, 0.1) is 11.8 Å². The molecule has 0 unspecified atom stereocenters. The second-order valence-corrected chi connectivity index (χ2v) is 4.64. The number of carbonyl (C=O) groups excluding carboxylic acids is 2. The van der Waals surface area contributed by atoms with Gasteiger partial charge in [0.2, 0.25) is 0 Å². The van der Waals surface area contributed by atoms with E-state index in [1.165, 1.54) is 0 Å². The number of fused-ring (bicyclic) bond motifs is 1. The second kappa shape index (κ2) is 4.24. The van der Waals surface area contributed by atoms with Crippen LogP contribution in [-0.2, 0) is 9.59 Å². The smallest absolute Gasteiger partial charge is 0.136 e. The maximum absolute atomic E-state index is 11.8. The van der Waals surface area contributed by atoms with E-state index in [1.54, 1.807) is 0 Å². The second-order valence-electron chi connectivity index (χ2n) is 4.64. The Morgan fingerprint density at radius 3 is 2.00 bits per heavy atom. The van der Waals surface area contributed by atoms with E-state index in [0.717, 1.165) is 38.5 Å². The molecule has 2 saturated carbocycles. The summed E-state index contributed by atoms with van der Waals surface area (Å²) < 4.78 is 0. The average molecular weight is 194 g/mol. The van der Waals surface area contributed by atoms with Crippen LogP contribution in [0.3, 0.4) is 0 Å². The zero-order valence-corrected chi connectivity index (χ0v) is 8.63. The Balaban J connectivity index is 2.12. The molecule has 78 valence electrons. The molecule has 0 amide bonds. The van der Waals surface area contributed by atoms with E-state index in [-0.39, 0.29) is 11.8 Å². The molecule has 14 heavy (non-hydrogen) atoms. The van der Waals surface area contributed by atoms with Crippen molar-refractivity contribution < 1.29 is 9.59 Å². The minimum absolute atomic E-state index is 0.0940. The van der Waals surface area contributed by atoms with Crippen molar-refractivity contribution in [3.05, 3.63) is 0 Å². The molecule has 0 N–H and O–H groups in total. The van der Waals surface area contributed by atoms with E-state index >= 15 is 0 Å². The lowest BCUT2D eigenvalue weighted by molar-refractivity contribution is -0.136. The maximum Gasteiger partial charge on any atom is 0.136 e. The molecule has 0 aromatic carbocycles. The summed E-state index contributed by atoms with van der Waals surface area (Å²) in [4.78, 5) is 23.5. The van der Waals surface area contributed by atoms with E-state index in [4.69, 9.17) is 0 Å². The molecule has 0 aromatic rings. The zero-order chi connectivity index (χ0) is 9.97. The van der Waals surface area contributed by atoms with E-state index in [9.17, 15) is 9.59 Å². The molecule has 0 radical (unpaired) electrons. The molecular weight excluding hydrogens is 176 g/mol. The summed E-state index contributed by atoms with van der Waals surface area (Å²) in [6.45, 7) is 0. The Hall–Kier alpha value is -0.660. The van der Waals surface area contributed by atoms with Gasteiger partial charge in [0.15, 0.2) is 0 Å². The SMILES string of the molecule is O=C1CCC[C@H]2C(=O)CCCCC[C@H]12. The topological polar surface area (TPSA) is 34.1 Å². The van der Waals surface area contributed by atoms with Gasteiger partial charge in [-0.2, -0.15) is 0 Å². The van der Waals surface area contributed by atoms with Gasteiger partial charge >= 0.3 is 0 Å². The third kappa shape index (κ3) is 1.89. The van der Waals surface area contributed by atoms with Gasteiger partial charge in [0, 0.05) is 24.7 Å². The minimum Gasteiger partial charge on any atom is -0.299 e. The van der Waals surface area contributed by atoms with Crippen LogP contribution in [-0.4, -0.2) is 11.6 Å². The first-order valence-corrected chi connectivity index (χ1v) is 5.84. The highest BCUT2D eigenvalue weighted by molar-refractivity contribution is 5.90. The monoisotopic (exact) mass is 194 g/mol. The molecule has 2 rings (SSSR count). The molecule has 0 bridgehead atoms. The summed E-state index contributed by atoms with van der Waals surface area (Å²) >= 11 is 0. The van der Waals surface area contributed by atoms with Crippen LogP contribution in [0.5, 0.6) is 0 Å². The summed E-state index contributed by atoms with van der Waals surface area (Å²) in [5.74, 6) is 0.910. The fraction of sp³-hybridized carbons (Fsp3) is 0.833. The van der Waals surface area contributed by atoms with E-state index in [2.05, 4.69) is 0 Å². The van der Waals surface area contributed by atoms with Crippen molar-refractivity contribution in [2.75, 3.05) is 0 Å². The number of ketones is 2. The first-order chi connectivity index (χ1) is 6.79. The highest BCUT2D eigenvalue weighted by atomic mass is 16.1. The van der Waals surface area contributed by atoms with Gasteiger partial charge in [-0.15, -0.1) is 0 Å². The number of carbonyl (C=O) groups is 2. The van der Waals surface area contributed by atoms with Crippen LogP contribution in [0.1, 0.15) is 51.4 Å². The molecule has 0 saturated heterocycles. The zero-order valence-electron chi connectivity index (χ0n) is 8.63. The van der Waals surface area contributed by atoms with Crippen LogP contribution in [0.25, 0.3) is 0 Å². The van der Waals surface area contributed by atoms with Gasteiger partial charge in [-0.25, -0.2) is 0 Å². The molecule has 2 aliphatic carbocycles. The lowest BCUT2D eigenvalue weighted by Gasteiger charge is -2.30. The van der Waals surface area contributed by atoms with Crippen molar-refractivity contribution in [3.63, 3.8) is 0 Å². The molecule has 0 heterocycles. The standard InChI is InChI=1S/C12H18O2/c13-11-7-3-1-2-5-9-10(11)6-4-8-12(9)14/h9-10H,1-8H2/t9-,10+/m0/s1. The molecule has 2 fully saturated rings. The Morgan fingerprint density at radius 1 is 0.714 bits per heavy atom. The summed E-state index contributed by atoms with van der Waals surface area (Å²) in [7, 11) is 0. The van der Waals surface area contributed by atoms with E-state index in [0.29, 0.717) is 24.4 Å². The van der Waals surface area contributed by atoms with Crippen LogP contribution in [0.2, 0.25) is 0 Å². The van der Waals surface area contributed by atoms with Crippen molar-refractivity contribution in [1.82, 2.24) is 0 Å². The van der Waals surface area contributed by atoms with Crippen LogP contribution in [0.4, 0.5) is 0 Å². The number of rotatable bonds is 0. The van der Waals surface area contributed by atoms with Crippen LogP contribution < -0.4 is 0 Å². The quantitative estimate of drug-likeness (QED) is 0.593. The normalized spacial score (nSPS) is 34.6. The lowest BCUT2D eigenvalue weighted by atomic mass is 9.71. The highest BCUT2D eigenvalue weighted by Crippen LogP contribution is 2.34. The highest BCUT2D eigenvalue weighted by Gasteiger charge is 2.36. The predicted molar refractivity (Wildman–Crippen MR) is 53.9 cm³/mol. The molecule has 2 nitrogen and oxygen atoms in total. The largest absolute Gasteiger partial charge is 0.299 e.